The minimum atomic E-state index is 0.542. The molecule has 36 heavy (non-hydrogen) atoms. The fourth-order valence-electron chi connectivity index (χ4n) is 5.37. The van der Waals surface area contributed by atoms with E-state index in [0.717, 1.165) is 29.9 Å². The summed E-state index contributed by atoms with van der Waals surface area (Å²) in [5.41, 5.74) is 5.58. The van der Waals surface area contributed by atoms with E-state index in [1.54, 1.807) is 0 Å². The van der Waals surface area contributed by atoms with Gasteiger partial charge in [0.1, 0.15) is 0 Å². The first-order chi connectivity index (χ1) is 17.8. The number of rotatable bonds is 7. The van der Waals surface area contributed by atoms with Gasteiger partial charge >= 0.3 is 0 Å². The predicted octanol–water partition coefficient (Wildman–Crippen LogP) is 9.38. The van der Waals surface area contributed by atoms with Crippen LogP contribution in [0.15, 0.2) is 113 Å². The van der Waals surface area contributed by atoms with Crippen LogP contribution in [0.5, 0.6) is 0 Å². The molecule has 0 atom stereocenters. The van der Waals surface area contributed by atoms with Crippen molar-refractivity contribution >= 4 is 43.7 Å². The van der Waals surface area contributed by atoms with E-state index in [4.69, 9.17) is 10.2 Å². The Bertz CT molecular complexity index is 1660. The smallest absolute Gasteiger partial charge is 0.0932 e. The van der Waals surface area contributed by atoms with Gasteiger partial charge in [0.15, 0.2) is 0 Å². The number of anilines is 1. The van der Waals surface area contributed by atoms with Crippen LogP contribution in [0.3, 0.4) is 0 Å². The highest BCUT2D eigenvalue weighted by molar-refractivity contribution is 6.23. The Morgan fingerprint density at radius 3 is 2.08 bits per heavy atom. The second-order valence-corrected chi connectivity index (χ2v) is 9.22. The van der Waals surface area contributed by atoms with Crippen molar-refractivity contribution in [2.45, 2.75) is 20.4 Å². The zero-order valence-corrected chi connectivity index (χ0v) is 20.8. The highest BCUT2D eigenvalue weighted by Crippen LogP contribution is 2.37. The molecule has 0 spiro atoms. The Morgan fingerprint density at radius 1 is 0.639 bits per heavy atom. The van der Waals surface area contributed by atoms with E-state index in [0.29, 0.717) is 6.54 Å². The maximum absolute atomic E-state index is 4.75. The second kappa shape index (κ2) is 9.43. The summed E-state index contributed by atoms with van der Waals surface area (Å²) in [5, 5.41) is 17.2. The third kappa shape index (κ3) is 3.87. The maximum atomic E-state index is 4.75. The summed E-state index contributed by atoms with van der Waals surface area (Å²) < 4.78 is 0. The van der Waals surface area contributed by atoms with Crippen molar-refractivity contribution in [2.24, 2.45) is 10.2 Å². The molecule has 0 amide bonds. The molecule has 0 bridgehead atoms. The Hall–Kier alpha value is -4.24. The molecule has 0 unspecified atom stereocenters. The van der Waals surface area contributed by atoms with Crippen molar-refractivity contribution < 1.29 is 0 Å². The zero-order chi connectivity index (χ0) is 24.5. The molecule has 0 radical (unpaired) electrons. The number of nitrogens with zero attached hydrogens (tertiary/aromatic N) is 3. The van der Waals surface area contributed by atoms with Gasteiger partial charge in [-0.1, -0.05) is 84.9 Å². The first-order valence-electron chi connectivity index (χ1n) is 12.7. The van der Waals surface area contributed by atoms with Crippen LogP contribution in [0.2, 0.25) is 0 Å². The van der Waals surface area contributed by atoms with Crippen LogP contribution in [-0.4, -0.2) is 13.1 Å². The molecule has 0 aliphatic carbocycles. The summed E-state index contributed by atoms with van der Waals surface area (Å²) in [4.78, 5) is 2.36. The SMILES string of the molecule is CCN(CC)c1ccc(N=NCc2ccc3ccc4cccc5ccc2c3c45)c(-c2ccccc2)c1. The molecule has 6 rings (SSSR count). The van der Waals surface area contributed by atoms with Crippen LogP contribution in [-0.2, 0) is 6.54 Å². The minimum Gasteiger partial charge on any atom is -0.372 e. The van der Waals surface area contributed by atoms with Crippen molar-refractivity contribution in [3.8, 4) is 11.1 Å². The van der Waals surface area contributed by atoms with Gasteiger partial charge in [-0.2, -0.15) is 10.2 Å². The molecule has 3 heteroatoms. The highest BCUT2D eigenvalue weighted by atomic mass is 15.1. The molecule has 0 N–H and O–H groups in total. The number of hydrogen-bond acceptors (Lipinski definition) is 3. The Balaban J connectivity index is 1.39. The standard InChI is InChI=1S/C33H29N3/c1-3-36(4-2)28-18-20-31(30(21-28)23-9-6-5-7-10-23)35-34-22-27-16-15-26-14-13-24-11-8-12-25-17-19-29(27)33(26)32(24)25/h5-21H,3-4,22H2,1-2H3. The lowest BCUT2D eigenvalue weighted by Gasteiger charge is -2.22. The van der Waals surface area contributed by atoms with E-state index in [1.807, 2.05) is 6.07 Å². The lowest BCUT2D eigenvalue weighted by Crippen LogP contribution is -2.21. The Labute approximate surface area is 212 Å². The third-order valence-electron chi connectivity index (χ3n) is 7.23. The maximum Gasteiger partial charge on any atom is 0.0932 e. The van der Waals surface area contributed by atoms with Crippen molar-refractivity contribution in [3.05, 3.63) is 109 Å². The van der Waals surface area contributed by atoms with Crippen LogP contribution in [0.4, 0.5) is 11.4 Å². The molecule has 0 aromatic heterocycles. The molecule has 176 valence electrons. The lowest BCUT2D eigenvalue weighted by molar-refractivity contribution is 0.866. The molecule has 0 aliphatic rings. The largest absolute Gasteiger partial charge is 0.372 e. The van der Waals surface area contributed by atoms with Gasteiger partial charge in [-0.15, -0.1) is 0 Å². The van der Waals surface area contributed by atoms with Gasteiger partial charge in [-0.05, 0) is 75.5 Å². The molecule has 6 aromatic carbocycles. The summed E-state index contributed by atoms with van der Waals surface area (Å²) in [6.07, 6.45) is 0. The molecule has 0 fully saturated rings. The predicted molar refractivity (Wildman–Crippen MR) is 154 cm³/mol. The zero-order valence-electron chi connectivity index (χ0n) is 20.8. The first-order valence-corrected chi connectivity index (χ1v) is 12.7. The average molecular weight is 468 g/mol. The fourth-order valence-corrected chi connectivity index (χ4v) is 5.37. The van der Waals surface area contributed by atoms with Gasteiger partial charge in [0.2, 0.25) is 0 Å². The van der Waals surface area contributed by atoms with Gasteiger partial charge in [-0.25, -0.2) is 0 Å². The topological polar surface area (TPSA) is 28.0 Å². The van der Waals surface area contributed by atoms with Crippen molar-refractivity contribution in [1.29, 1.82) is 0 Å². The summed E-state index contributed by atoms with van der Waals surface area (Å²) in [5.74, 6) is 0. The van der Waals surface area contributed by atoms with Crippen LogP contribution in [0.25, 0.3) is 43.4 Å². The minimum absolute atomic E-state index is 0.542. The van der Waals surface area contributed by atoms with Crippen LogP contribution >= 0.6 is 0 Å². The number of hydrogen-bond donors (Lipinski definition) is 0. The van der Waals surface area contributed by atoms with E-state index in [9.17, 15) is 0 Å². The van der Waals surface area contributed by atoms with E-state index in [1.165, 1.54) is 43.6 Å². The molecule has 0 saturated heterocycles. The van der Waals surface area contributed by atoms with Crippen molar-refractivity contribution in [2.75, 3.05) is 18.0 Å². The van der Waals surface area contributed by atoms with Crippen molar-refractivity contribution in [3.63, 3.8) is 0 Å². The first kappa shape index (κ1) is 22.2. The van der Waals surface area contributed by atoms with Crippen LogP contribution in [0, 0.1) is 0 Å². The summed E-state index contributed by atoms with van der Waals surface area (Å²) in [6, 6.07) is 36.8. The molecule has 3 nitrogen and oxygen atoms in total. The fraction of sp³-hybridized carbons (Fsp3) is 0.152. The Morgan fingerprint density at radius 2 is 1.33 bits per heavy atom. The molecule has 0 heterocycles. The number of benzene rings is 6. The average Bonchev–Trinajstić information content (AvgIpc) is 2.94. The summed E-state index contributed by atoms with van der Waals surface area (Å²) in [7, 11) is 0. The quantitative estimate of drug-likeness (QED) is 0.170. The van der Waals surface area contributed by atoms with Gasteiger partial charge in [-0.3, -0.25) is 0 Å². The molecule has 0 saturated carbocycles. The molecular weight excluding hydrogens is 438 g/mol. The van der Waals surface area contributed by atoms with E-state index >= 15 is 0 Å². The van der Waals surface area contributed by atoms with E-state index < -0.39 is 0 Å². The number of azo groups is 1. The molecular formula is C33H29N3. The van der Waals surface area contributed by atoms with Gasteiger partial charge in [0, 0.05) is 24.3 Å². The molecule has 0 aliphatic heterocycles. The van der Waals surface area contributed by atoms with Crippen molar-refractivity contribution in [1.82, 2.24) is 0 Å². The van der Waals surface area contributed by atoms with E-state index in [-0.39, 0.29) is 0 Å². The third-order valence-corrected chi connectivity index (χ3v) is 7.23. The van der Waals surface area contributed by atoms with Gasteiger partial charge in [0.25, 0.3) is 0 Å². The van der Waals surface area contributed by atoms with E-state index in [2.05, 4.69) is 116 Å². The van der Waals surface area contributed by atoms with Gasteiger partial charge < -0.3 is 4.90 Å². The lowest BCUT2D eigenvalue weighted by atomic mass is 9.92. The van der Waals surface area contributed by atoms with Gasteiger partial charge in [0.05, 0.1) is 12.2 Å². The van der Waals surface area contributed by atoms with Crippen LogP contribution < -0.4 is 4.90 Å². The molecule has 6 aromatic rings. The Kier molecular flexibility index (Phi) is 5.82. The highest BCUT2D eigenvalue weighted by Gasteiger charge is 2.12. The monoisotopic (exact) mass is 467 g/mol. The normalized spacial score (nSPS) is 11.8. The summed E-state index contributed by atoms with van der Waals surface area (Å²) in [6.45, 7) is 6.87. The summed E-state index contributed by atoms with van der Waals surface area (Å²) >= 11 is 0. The second-order valence-electron chi connectivity index (χ2n) is 9.22. The van der Waals surface area contributed by atoms with Crippen LogP contribution in [0.1, 0.15) is 19.4 Å².